The highest BCUT2D eigenvalue weighted by atomic mass is 35.5. The van der Waals surface area contributed by atoms with Crippen LogP contribution in [0.3, 0.4) is 0 Å². The molecule has 0 aliphatic rings. The fourth-order valence-electron chi connectivity index (χ4n) is 1.74. The van der Waals surface area contributed by atoms with Gasteiger partial charge in [-0.25, -0.2) is 0 Å². The highest BCUT2D eigenvalue weighted by molar-refractivity contribution is 6.30. The Bertz CT molecular complexity index is 339. The Morgan fingerprint density at radius 1 is 1.44 bits per heavy atom. The molecule has 0 heterocycles. The fraction of sp³-hybridized carbons (Fsp3) is 0.538. The first-order chi connectivity index (χ1) is 7.60. The van der Waals surface area contributed by atoms with Crippen molar-refractivity contribution in [1.29, 1.82) is 0 Å². The molecule has 0 bridgehead atoms. The molecule has 1 atom stereocenters. The van der Waals surface area contributed by atoms with Crippen molar-refractivity contribution in [2.24, 2.45) is 5.73 Å². The maximum absolute atomic E-state index is 6.05. The first kappa shape index (κ1) is 13.3. The van der Waals surface area contributed by atoms with Crippen molar-refractivity contribution in [3.8, 4) is 0 Å². The van der Waals surface area contributed by atoms with E-state index >= 15 is 0 Å². The zero-order chi connectivity index (χ0) is 12.1. The van der Waals surface area contributed by atoms with Gasteiger partial charge in [-0.05, 0) is 44.0 Å². The van der Waals surface area contributed by atoms with Gasteiger partial charge in [0, 0.05) is 23.8 Å². The van der Waals surface area contributed by atoms with Gasteiger partial charge in [0.15, 0.2) is 0 Å². The molecule has 0 fully saturated rings. The molecular weight excluding hydrogens is 220 g/mol. The van der Waals surface area contributed by atoms with Gasteiger partial charge in [-0.2, -0.15) is 0 Å². The topological polar surface area (TPSA) is 29.3 Å². The van der Waals surface area contributed by atoms with Crippen LogP contribution >= 0.6 is 11.6 Å². The van der Waals surface area contributed by atoms with E-state index in [0.717, 1.165) is 17.9 Å². The third-order valence-corrected chi connectivity index (χ3v) is 3.33. The molecule has 1 rings (SSSR count). The maximum Gasteiger partial charge on any atom is 0.0426 e. The van der Waals surface area contributed by atoms with Gasteiger partial charge < -0.3 is 10.6 Å². The van der Waals surface area contributed by atoms with Gasteiger partial charge in [-0.3, -0.25) is 0 Å². The fourth-order valence-corrected chi connectivity index (χ4v) is 1.91. The van der Waals surface area contributed by atoms with Crippen molar-refractivity contribution in [3.63, 3.8) is 0 Å². The van der Waals surface area contributed by atoms with E-state index in [9.17, 15) is 0 Å². The minimum Gasteiger partial charge on any atom is -0.372 e. The average molecular weight is 241 g/mol. The number of rotatable bonds is 5. The van der Waals surface area contributed by atoms with Crippen LogP contribution < -0.4 is 10.6 Å². The summed E-state index contributed by atoms with van der Waals surface area (Å²) in [6, 6.07) is 6.54. The Labute approximate surface area is 103 Å². The molecule has 0 amide bonds. The van der Waals surface area contributed by atoms with E-state index in [2.05, 4.69) is 31.9 Å². The average Bonchev–Trinajstić information content (AvgIpc) is 2.29. The summed E-state index contributed by atoms with van der Waals surface area (Å²) in [5, 5.41) is 0.783. The highest BCUT2D eigenvalue weighted by Crippen LogP contribution is 2.26. The largest absolute Gasteiger partial charge is 0.372 e. The molecule has 1 aromatic carbocycles. The van der Waals surface area contributed by atoms with Gasteiger partial charge in [0.2, 0.25) is 0 Å². The maximum atomic E-state index is 6.05. The first-order valence-corrected chi connectivity index (χ1v) is 6.19. The van der Waals surface area contributed by atoms with E-state index in [-0.39, 0.29) is 0 Å². The van der Waals surface area contributed by atoms with Crippen LogP contribution in [0.2, 0.25) is 5.02 Å². The summed E-state index contributed by atoms with van der Waals surface area (Å²) < 4.78 is 0. The van der Waals surface area contributed by atoms with E-state index < -0.39 is 0 Å². The Kier molecular flexibility index (Phi) is 5.10. The summed E-state index contributed by atoms with van der Waals surface area (Å²) in [5.74, 6) is 0. The highest BCUT2D eigenvalue weighted by Gasteiger charge is 2.12. The lowest BCUT2D eigenvalue weighted by atomic mass is 10.1. The van der Waals surface area contributed by atoms with E-state index in [1.165, 1.54) is 11.3 Å². The summed E-state index contributed by atoms with van der Waals surface area (Å²) in [5.41, 5.74) is 8.10. The molecule has 90 valence electrons. The standard InChI is InChI=1S/C13H21ClN2/c1-4-10(2)16(3)13-9-12(14)6-5-11(13)7-8-15/h5-6,9-10H,4,7-8,15H2,1-3H3. The van der Waals surface area contributed by atoms with Crippen molar-refractivity contribution < 1.29 is 0 Å². The second-order valence-electron chi connectivity index (χ2n) is 4.18. The quantitative estimate of drug-likeness (QED) is 0.857. The van der Waals surface area contributed by atoms with Crippen LogP contribution in [0.1, 0.15) is 25.8 Å². The molecule has 1 unspecified atom stereocenters. The molecule has 2 N–H and O–H groups in total. The number of hydrogen-bond donors (Lipinski definition) is 1. The first-order valence-electron chi connectivity index (χ1n) is 5.81. The predicted molar refractivity (Wildman–Crippen MR) is 72.4 cm³/mol. The Morgan fingerprint density at radius 3 is 2.69 bits per heavy atom. The van der Waals surface area contributed by atoms with E-state index in [4.69, 9.17) is 17.3 Å². The van der Waals surface area contributed by atoms with Crippen molar-refractivity contribution >= 4 is 17.3 Å². The third kappa shape index (κ3) is 3.13. The SMILES string of the molecule is CCC(C)N(C)c1cc(Cl)ccc1CCN. The summed E-state index contributed by atoms with van der Waals surface area (Å²) in [4.78, 5) is 2.27. The van der Waals surface area contributed by atoms with Crippen LogP contribution in [0.5, 0.6) is 0 Å². The van der Waals surface area contributed by atoms with Crippen molar-refractivity contribution in [2.45, 2.75) is 32.7 Å². The third-order valence-electron chi connectivity index (χ3n) is 3.09. The number of anilines is 1. The predicted octanol–water partition coefficient (Wildman–Crippen LogP) is 3.08. The van der Waals surface area contributed by atoms with E-state index in [0.29, 0.717) is 12.6 Å². The Balaban J connectivity index is 3.03. The smallest absolute Gasteiger partial charge is 0.0426 e. The molecule has 0 saturated heterocycles. The van der Waals surface area contributed by atoms with Gasteiger partial charge in [0.25, 0.3) is 0 Å². The number of benzene rings is 1. The molecule has 0 aliphatic carbocycles. The van der Waals surface area contributed by atoms with Crippen LogP contribution in [0.25, 0.3) is 0 Å². The lowest BCUT2D eigenvalue weighted by Gasteiger charge is -2.28. The summed E-state index contributed by atoms with van der Waals surface area (Å²) in [6.07, 6.45) is 2.01. The van der Waals surface area contributed by atoms with E-state index in [1.807, 2.05) is 12.1 Å². The van der Waals surface area contributed by atoms with Crippen LogP contribution in [0.4, 0.5) is 5.69 Å². The van der Waals surface area contributed by atoms with Crippen LogP contribution in [-0.2, 0) is 6.42 Å². The molecule has 2 nitrogen and oxygen atoms in total. The molecule has 0 saturated carbocycles. The van der Waals surface area contributed by atoms with Crippen LogP contribution in [0.15, 0.2) is 18.2 Å². The summed E-state index contributed by atoms with van der Waals surface area (Å²) in [7, 11) is 2.11. The van der Waals surface area contributed by atoms with Gasteiger partial charge in [0.1, 0.15) is 0 Å². The zero-order valence-electron chi connectivity index (χ0n) is 10.3. The second kappa shape index (κ2) is 6.12. The van der Waals surface area contributed by atoms with Crippen molar-refractivity contribution in [1.82, 2.24) is 0 Å². The summed E-state index contributed by atoms with van der Waals surface area (Å²) >= 11 is 6.05. The van der Waals surface area contributed by atoms with E-state index in [1.54, 1.807) is 0 Å². The minimum atomic E-state index is 0.509. The van der Waals surface area contributed by atoms with Crippen molar-refractivity contribution in [3.05, 3.63) is 28.8 Å². The van der Waals surface area contributed by atoms with Crippen molar-refractivity contribution in [2.75, 3.05) is 18.5 Å². The zero-order valence-corrected chi connectivity index (χ0v) is 11.1. The number of halogens is 1. The Hall–Kier alpha value is -0.730. The van der Waals surface area contributed by atoms with Crippen LogP contribution in [0, 0.1) is 0 Å². The number of nitrogens with two attached hydrogens (primary N) is 1. The second-order valence-corrected chi connectivity index (χ2v) is 4.62. The van der Waals surface area contributed by atoms with Gasteiger partial charge in [-0.1, -0.05) is 24.6 Å². The van der Waals surface area contributed by atoms with Gasteiger partial charge in [-0.15, -0.1) is 0 Å². The molecule has 16 heavy (non-hydrogen) atoms. The summed E-state index contributed by atoms with van der Waals surface area (Å²) in [6.45, 7) is 5.07. The lowest BCUT2D eigenvalue weighted by Crippen LogP contribution is -2.29. The molecule has 0 radical (unpaired) electrons. The monoisotopic (exact) mass is 240 g/mol. The Morgan fingerprint density at radius 2 is 2.12 bits per heavy atom. The van der Waals surface area contributed by atoms with Crippen LogP contribution in [-0.4, -0.2) is 19.6 Å². The van der Waals surface area contributed by atoms with Gasteiger partial charge in [0.05, 0.1) is 0 Å². The van der Waals surface area contributed by atoms with Gasteiger partial charge >= 0.3 is 0 Å². The minimum absolute atomic E-state index is 0.509. The normalized spacial score (nSPS) is 12.6. The molecule has 0 spiro atoms. The molecular formula is C13H21ClN2. The lowest BCUT2D eigenvalue weighted by molar-refractivity contribution is 0.661. The number of hydrogen-bond acceptors (Lipinski definition) is 2. The molecule has 1 aromatic rings. The molecule has 0 aliphatic heterocycles. The molecule has 0 aromatic heterocycles. The number of nitrogens with zero attached hydrogens (tertiary/aromatic N) is 1. The molecule has 3 heteroatoms.